The second-order valence-corrected chi connectivity index (χ2v) is 9.68. The van der Waals surface area contributed by atoms with Gasteiger partial charge in [0.1, 0.15) is 30.2 Å². The SMILES string of the molecule is Nc1ncnc2c1ncn2[C@@H]1O[C@H](COP(O)(=S)OP(=O)(O)O)[C@@H](O)[C@H]1O. The highest BCUT2D eigenvalue weighted by atomic mass is 32.5. The van der Waals surface area contributed by atoms with E-state index in [1.807, 2.05) is 0 Å². The van der Waals surface area contributed by atoms with E-state index in [9.17, 15) is 19.7 Å². The van der Waals surface area contributed by atoms with Crippen LogP contribution in [0.3, 0.4) is 0 Å². The number of phosphoric acid groups is 1. The van der Waals surface area contributed by atoms with E-state index in [0.717, 1.165) is 0 Å². The normalized spacial score (nSPS) is 28.5. The van der Waals surface area contributed by atoms with E-state index in [2.05, 4.69) is 31.1 Å². The molecule has 1 aliphatic heterocycles. The molecule has 0 aliphatic carbocycles. The van der Waals surface area contributed by atoms with Crippen molar-refractivity contribution in [3.8, 4) is 0 Å². The molecule has 0 aromatic carbocycles. The molecule has 150 valence electrons. The quantitative estimate of drug-likeness (QED) is 0.276. The summed E-state index contributed by atoms with van der Waals surface area (Å²) in [6.45, 7) is -4.90. The van der Waals surface area contributed by atoms with Gasteiger partial charge in [-0.15, -0.1) is 0 Å². The molecule has 1 saturated heterocycles. The van der Waals surface area contributed by atoms with Crippen molar-refractivity contribution < 1.29 is 43.0 Å². The molecule has 0 amide bonds. The van der Waals surface area contributed by atoms with Gasteiger partial charge in [-0.2, -0.15) is 0 Å². The number of hydrogen-bond acceptors (Lipinski definition) is 11. The van der Waals surface area contributed by atoms with Crippen molar-refractivity contribution in [1.82, 2.24) is 19.5 Å². The number of rotatable bonds is 6. The molecule has 5 atom stereocenters. The van der Waals surface area contributed by atoms with Crippen LogP contribution in [0, 0.1) is 0 Å². The molecule has 0 saturated carbocycles. The molecule has 17 heteroatoms. The summed E-state index contributed by atoms with van der Waals surface area (Å²) in [6.07, 6.45) is -2.77. The van der Waals surface area contributed by atoms with Crippen molar-refractivity contribution in [3.05, 3.63) is 12.7 Å². The fourth-order valence-electron chi connectivity index (χ4n) is 2.48. The second kappa shape index (κ2) is 7.39. The lowest BCUT2D eigenvalue weighted by atomic mass is 10.1. The number of aliphatic hydroxyl groups is 2. The number of nitrogens with zero attached hydrogens (tertiary/aromatic N) is 4. The summed E-state index contributed by atoms with van der Waals surface area (Å²) >= 11 is 4.47. The number of imidazole rings is 1. The van der Waals surface area contributed by atoms with Crippen LogP contribution in [-0.2, 0) is 29.9 Å². The minimum Gasteiger partial charge on any atom is -0.387 e. The van der Waals surface area contributed by atoms with Gasteiger partial charge in [-0.1, -0.05) is 0 Å². The van der Waals surface area contributed by atoms with Crippen molar-refractivity contribution in [1.29, 1.82) is 0 Å². The highest BCUT2D eigenvalue weighted by molar-refractivity contribution is 8.08. The fourth-order valence-corrected chi connectivity index (χ4v) is 5.04. The van der Waals surface area contributed by atoms with Gasteiger partial charge in [0, 0.05) is 0 Å². The minimum atomic E-state index is -5.08. The summed E-state index contributed by atoms with van der Waals surface area (Å²) < 4.78 is 26.4. The summed E-state index contributed by atoms with van der Waals surface area (Å²) in [4.78, 5) is 38.8. The Hall–Kier alpha value is -1.09. The topological polar surface area (TPSA) is 216 Å². The van der Waals surface area contributed by atoms with Crippen LogP contribution in [0.5, 0.6) is 0 Å². The van der Waals surface area contributed by atoms with E-state index in [1.54, 1.807) is 0 Å². The average molecular weight is 443 g/mol. The highest BCUT2D eigenvalue weighted by Gasteiger charge is 2.45. The first-order valence-electron chi connectivity index (χ1n) is 7.17. The van der Waals surface area contributed by atoms with Gasteiger partial charge in [0.15, 0.2) is 17.7 Å². The largest absolute Gasteiger partial charge is 0.476 e. The van der Waals surface area contributed by atoms with Crippen LogP contribution in [0.4, 0.5) is 5.82 Å². The molecule has 2 aromatic rings. The van der Waals surface area contributed by atoms with E-state index in [1.165, 1.54) is 17.2 Å². The molecule has 7 N–H and O–H groups in total. The maximum Gasteiger partial charge on any atom is 0.476 e. The maximum atomic E-state index is 10.8. The number of anilines is 1. The van der Waals surface area contributed by atoms with Gasteiger partial charge in [0.05, 0.1) is 12.9 Å². The maximum absolute atomic E-state index is 10.8. The molecule has 27 heavy (non-hydrogen) atoms. The van der Waals surface area contributed by atoms with Gasteiger partial charge >= 0.3 is 14.5 Å². The summed E-state index contributed by atoms with van der Waals surface area (Å²) in [5.41, 5.74) is 6.21. The Kier molecular flexibility index (Phi) is 5.65. The fraction of sp³-hybridized carbons (Fsp3) is 0.500. The van der Waals surface area contributed by atoms with Crippen molar-refractivity contribution in [2.75, 3.05) is 12.3 Å². The summed E-state index contributed by atoms with van der Waals surface area (Å²) in [5.74, 6) is 0.113. The van der Waals surface area contributed by atoms with Crippen LogP contribution in [0.15, 0.2) is 12.7 Å². The molecular formula is C10H15N5O9P2S. The lowest BCUT2D eigenvalue weighted by Crippen LogP contribution is -2.33. The summed E-state index contributed by atoms with van der Waals surface area (Å²) in [5, 5.41) is 20.4. The van der Waals surface area contributed by atoms with Gasteiger partial charge in [-0.3, -0.25) is 4.57 Å². The van der Waals surface area contributed by atoms with Crippen LogP contribution < -0.4 is 5.73 Å². The Bertz CT molecular complexity index is 937. The van der Waals surface area contributed by atoms with Gasteiger partial charge in [-0.05, 0) is 11.8 Å². The van der Waals surface area contributed by atoms with Gasteiger partial charge < -0.3 is 39.9 Å². The number of nitrogens with two attached hydrogens (primary N) is 1. The molecule has 1 unspecified atom stereocenters. The zero-order chi connectivity index (χ0) is 20.0. The second-order valence-electron chi connectivity index (χ2n) is 5.47. The molecule has 0 radical (unpaired) electrons. The Morgan fingerprint density at radius 3 is 2.63 bits per heavy atom. The van der Waals surface area contributed by atoms with Crippen LogP contribution >= 0.6 is 14.5 Å². The minimum absolute atomic E-state index is 0.113. The zero-order valence-corrected chi connectivity index (χ0v) is 15.8. The standard InChI is InChI=1S/C10H15N5O9P2S/c11-8-5-9(13-2-12-8)15(3-14-5)10-7(17)6(16)4(23-10)1-22-26(21,27)24-25(18,19)20/h2-4,6-7,10,16-17H,1H2,(H,21,27)(H2,11,12,13)(H2,18,19,20)/t4-,6-,7-,10-,26?/m1/s1. The average Bonchev–Trinajstić information content (AvgIpc) is 3.07. The van der Waals surface area contributed by atoms with Crippen molar-refractivity contribution in [2.24, 2.45) is 0 Å². The van der Waals surface area contributed by atoms with Gasteiger partial charge in [-0.25, -0.2) is 23.8 Å². The van der Waals surface area contributed by atoms with Crippen LogP contribution in [0.25, 0.3) is 11.2 Å². The number of hydrogen-bond donors (Lipinski definition) is 6. The third-order valence-electron chi connectivity index (χ3n) is 3.61. The van der Waals surface area contributed by atoms with Gasteiger partial charge in [0.25, 0.3) is 0 Å². The first kappa shape index (κ1) is 20.6. The molecule has 1 fully saturated rings. The predicted molar refractivity (Wildman–Crippen MR) is 91.2 cm³/mol. The van der Waals surface area contributed by atoms with E-state index < -0.39 is 45.7 Å². The van der Waals surface area contributed by atoms with Crippen molar-refractivity contribution in [2.45, 2.75) is 24.5 Å². The Balaban J connectivity index is 1.75. The van der Waals surface area contributed by atoms with Crippen LogP contribution in [0.2, 0.25) is 0 Å². The molecule has 2 aromatic heterocycles. The Morgan fingerprint density at radius 1 is 1.26 bits per heavy atom. The molecular weight excluding hydrogens is 428 g/mol. The first-order chi connectivity index (χ1) is 12.5. The molecule has 3 heterocycles. The van der Waals surface area contributed by atoms with E-state index in [0.29, 0.717) is 0 Å². The van der Waals surface area contributed by atoms with Crippen LogP contribution in [0.1, 0.15) is 6.23 Å². The molecule has 1 aliphatic rings. The predicted octanol–water partition coefficient (Wildman–Crippen LogP) is -1.63. The molecule has 3 rings (SSSR count). The van der Waals surface area contributed by atoms with E-state index >= 15 is 0 Å². The van der Waals surface area contributed by atoms with Gasteiger partial charge in [0.2, 0.25) is 0 Å². The zero-order valence-electron chi connectivity index (χ0n) is 13.2. The molecule has 0 bridgehead atoms. The number of aromatic nitrogens is 4. The van der Waals surface area contributed by atoms with Crippen LogP contribution in [-0.4, -0.2) is 69.3 Å². The van der Waals surface area contributed by atoms with Crippen molar-refractivity contribution in [3.63, 3.8) is 0 Å². The number of nitrogen functional groups attached to an aromatic ring is 1. The van der Waals surface area contributed by atoms with Crippen molar-refractivity contribution >= 4 is 43.3 Å². The third kappa shape index (κ3) is 4.50. The Morgan fingerprint density at radius 2 is 1.96 bits per heavy atom. The summed E-state index contributed by atoms with van der Waals surface area (Å²) in [6, 6.07) is 0. The third-order valence-corrected chi connectivity index (χ3v) is 6.68. The molecule has 14 nitrogen and oxygen atoms in total. The van der Waals surface area contributed by atoms with E-state index in [-0.39, 0.29) is 17.0 Å². The number of fused-ring (bicyclic) bond motifs is 1. The summed E-state index contributed by atoms with van der Waals surface area (Å²) in [7, 11) is -5.08. The monoisotopic (exact) mass is 443 g/mol. The lowest BCUT2D eigenvalue weighted by Gasteiger charge is -2.19. The molecule has 0 spiro atoms. The highest BCUT2D eigenvalue weighted by Crippen LogP contribution is 2.58. The smallest absolute Gasteiger partial charge is 0.387 e. The lowest BCUT2D eigenvalue weighted by molar-refractivity contribution is -0.0486. The van der Waals surface area contributed by atoms with E-state index in [4.69, 9.17) is 24.8 Å². The first-order valence-corrected chi connectivity index (χ1v) is 11.3. The number of ether oxygens (including phenoxy) is 1. The Labute approximate surface area is 156 Å². The number of aliphatic hydroxyl groups excluding tert-OH is 2.